The third-order valence-electron chi connectivity index (χ3n) is 2.15. The van der Waals surface area contributed by atoms with Crippen LogP contribution in [0.5, 0.6) is 0 Å². The molecule has 0 fully saturated rings. The molecule has 0 radical (unpaired) electrons. The van der Waals surface area contributed by atoms with Gasteiger partial charge in [0.2, 0.25) is 5.78 Å². The van der Waals surface area contributed by atoms with Crippen LogP contribution < -0.4 is 0 Å². The molecule has 13 heavy (non-hydrogen) atoms. The molecule has 0 heterocycles. The van der Waals surface area contributed by atoms with Crippen molar-refractivity contribution in [2.24, 2.45) is 0 Å². The first kappa shape index (κ1) is 10.0. The van der Waals surface area contributed by atoms with Crippen molar-refractivity contribution in [1.29, 1.82) is 0 Å². The van der Waals surface area contributed by atoms with Gasteiger partial charge >= 0.3 is 0 Å². The van der Waals surface area contributed by atoms with Gasteiger partial charge in [0.1, 0.15) is 0 Å². The predicted octanol–water partition coefficient (Wildman–Crippen LogP) is 2.61. The van der Waals surface area contributed by atoms with Crippen LogP contribution >= 0.6 is 0 Å². The summed E-state index contributed by atoms with van der Waals surface area (Å²) >= 11 is 0. The van der Waals surface area contributed by atoms with Gasteiger partial charge in [-0.15, -0.1) is 0 Å². The fourth-order valence-electron chi connectivity index (χ4n) is 1.44. The Bertz CT molecular complexity index is 268. The van der Waals surface area contributed by atoms with Gasteiger partial charge in [-0.1, -0.05) is 11.6 Å². The molecule has 0 aromatic carbocycles. The van der Waals surface area contributed by atoms with E-state index in [1.165, 1.54) is 11.1 Å². The fraction of sp³-hybridized carbons (Fsp3) is 0.545. The van der Waals surface area contributed by atoms with Crippen LogP contribution in [-0.2, 0) is 9.53 Å². The van der Waals surface area contributed by atoms with Crippen LogP contribution in [0.3, 0.4) is 0 Å². The van der Waals surface area contributed by atoms with Crippen LogP contribution in [0.15, 0.2) is 23.0 Å². The highest BCUT2D eigenvalue weighted by Gasteiger charge is 2.26. The summed E-state index contributed by atoms with van der Waals surface area (Å²) < 4.78 is 4.98. The molecule has 2 heteroatoms. The molecule has 0 bridgehead atoms. The van der Waals surface area contributed by atoms with Crippen LogP contribution in [0.2, 0.25) is 0 Å². The van der Waals surface area contributed by atoms with Gasteiger partial charge in [0.15, 0.2) is 5.76 Å². The zero-order valence-corrected chi connectivity index (χ0v) is 8.52. The number of rotatable bonds is 4. The number of allylic oxidation sites excluding steroid dienone is 4. The van der Waals surface area contributed by atoms with E-state index < -0.39 is 0 Å². The molecule has 0 aromatic rings. The molecule has 0 saturated carbocycles. The number of methoxy groups -OCH3 is 1. The molecule has 1 aliphatic carbocycles. The predicted molar refractivity (Wildman–Crippen MR) is 52.3 cm³/mol. The van der Waals surface area contributed by atoms with Gasteiger partial charge in [-0.05, 0) is 32.3 Å². The van der Waals surface area contributed by atoms with Crippen LogP contribution in [-0.4, -0.2) is 12.9 Å². The summed E-state index contributed by atoms with van der Waals surface area (Å²) in [5.41, 5.74) is 2.50. The van der Waals surface area contributed by atoms with E-state index in [-0.39, 0.29) is 5.78 Å². The summed E-state index contributed by atoms with van der Waals surface area (Å²) in [5.74, 6) is 0.747. The van der Waals surface area contributed by atoms with E-state index in [2.05, 4.69) is 19.9 Å². The van der Waals surface area contributed by atoms with Gasteiger partial charge in [-0.25, -0.2) is 0 Å². The first-order valence-electron chi connectivity index (χ1n) is 4.57. The molecule has 0 aliphatic heterocycles. The molecule has 0 spiro atoms. The zero-order valence-electron chi connectivity index (χ0n) is 8.52. The molecule has 0 amide bonds. The van der Waals surface area contributed by atoms with Crippen molar-refractivity contribution in [2.75, 3.05) is 7.11 Å². The van der Waals surface area contributed by atoms with E-state index in [1.54, 1.807) is 7.11 Å². The van der Waals surface area contributed by atoms with Crippen LogP contribution in [0.1, 0.15) is 33.1 Å². The third kappa shape index (κ3) is 2.44. The average Bonchev–Trinajstić information content (AvgIpc) is 2.02. The van der Waals surface area contributed by atoms with E-state index in [4.69, 9.17) is 4.74 Å². The summed E-state index contributed by atoms with van der Waals surface area (Å²) in [7, 11) is 1.56. The van der Waals surface area contributed by atoms with Crippen molar-refractivity contribution in [3.8, 4) is 0 Å². The van der Waals surface area contributed by atoms with Crippen molar-refractivity contribution in [3.05, 3.63) is 23.0 Å². The number of carbonyl (C=O) groups excluding carboxylic acids is 1. The highest BCUT2D eigenvalue weighted by Crippen LogP contribution is 2.28. The number of ketones is 1. The fourth-order valence-corrected chi connectivity index (χ4v) is 1.44. The molecule has 0 aromatic heterocycles. The number of hydrogen-bond acceptors (Lipinski definition) is 2. The van der Waals surface area contributed by atoms with Gasteiger partial charge in [0.05, 0.1) is 7.11 Å². The van der Waals surface area contributed by atoms with E-state index in [0.29, 0.717) is 12.2 Å². The minimum absolute atomic E-state index is 0.148. The van der Waals surface area contributed by atoms with Crippen LogP contribution in [0.4, 0.5) is 0 Å². The maximum absolute atomic E-state index is 11.0. The van der Waals surface area contributed by atoms with Crippen LogP contribution in [0, 0.1) is 0 Å². The first-order valence-corrected chi connectivity index (χ1v) is 4.57. The van der Waals surface area contributed by atoms with Crippen molar-refractivity contribution in [1.82, 2.24) is 0 Å². The molecular weight excluding hydrogens is 164 g/mol. The van der Waals surface area contributed by atoms with Crippen molar-refractivity contribution in [2.45, 2.75) is 33.1 Å². The molecule has 0 unspecified atom stereocenters. The Balaban J connectivity index is 2.43. The van der Waals surface area contributed by atoms with Gasteiger partial charge in [0, 0.05) is 6.42 Å². The Labute approximate surface area is 79.3 Å². The minimum Gasteiger partial charge on any atom is -0.493 e. The molecule has 1 rings (SSSR count). The molecular formula is C11H16O2. The standard InChI is InChI=1S/C11H16O2/c1-8(2)5-4-6-9-7-10(12)11(9)13-3/h5H,4,6-7H2,1-3H3. The maximum atomic E-state index is 11.0. The summed E-state index contributed by atoms with van der Waals surface area (Å²) in [4.78, 5) is 11.0. The van der Waals surface area contributed by atoms with Crippen molar-refractivity contribution >= 4 is 5.78 Å². The summed E-state index contributed by atoms with van der Waals surface area (Å²) in [6, 6.07) is 0. The van der Waals surface area contributed by atoms with E-state index >= 15 is 0 Å². The lowest BCUT2D eigenvalue weighted by Gasteiger charge is -2.20. The molecule has 2 nitrogen and oxygen atoms in total. The van der Waals surface area contributed by atoms with Crippen molar-refractivity contribution in [3.63, 3.8) is 0 Å². The van der Waals surface area contributed by atoms with Gasteiger partial charge in [-0.3, -0.25) is 4.79 Å². The number of Topliss-reactive ketones (excluding diaryl/α,β-unsaturated/α-hetero) is 1. The highest BCUT2D eigenvalue weighted by molar-refractivity contribution is 6.02. The van der Waals surface area contributed by atoms with E-state index in [0.717, 1.165) is 12.8 Å². The van der Waals surface area contributed by atoms with Gasteiger partial charge in [-0.2, -0.15) is 0 Å². The Hall–Kier alpha value is -1.05. The summed E-state index contributed by atoms with van der Waals surface area (Å²) in [6.07, 6.45) is 4.75. The van der Waals surface area contributed by atoms with Gasteiger partial charge < -0.3 is 4.74 Å². The lowest BCUT2D eigenvalue weighted by molar-refractivity contribution is -0.120. The number of ether oxygens (including phenoxy) is 1. The largest absolute Gasteiger partial charge is 0.493 e. The smallest absolute Gasteiger partial charge is 0.201 e. The Morgan fingerprint density at radius 2 is 2.23 bits per heavy atom. The molecule has 72 valence electrons. The molecule has 0 atom stereocenters. The topological polar surface area (TPSA) is 26.3 Å². The van der Waals surface area contributed by atoms with E-state index in [9.17, 15) is 4.79 Å². The quantitative estimate of drug-likeness (QED) is 0.621. The minimum atomic E-state index is 0.148. The lowest BCUT2D eigenvalue weighted by Crippen LogP contribution is -2.19. The highest BCUT2D eigenvalue weighted by atomic mass is 16.5. The molecule has 0 saturated heterocycles. The normalized spacial score (nSPS) is 15.5. The second-order valence-electron chi connectivity index (χ2n) is 3.56. The summed E-state index contributed by atoms with van der Waals surface area (Å²) in [6.45, 7) is 4.16. The monoisotopic (exact) mass is 180 g/mol. The zero-order chi connectivity index (χ0) is 9.84. The Morgan fingerprint density at radius 1 is 1.54 bits per heavy atom. The SMILES string of the molecule is COC1=C(CCC=C(C)C)CC1=O. The lowest BCUT2D eigenvalue weighted by atomic mass is 9.90. The molecule has 0 N–H and O–H groups in total. The third-order valence-corrected chi connectivity index (χ3v) is 2.15. The Morgan fingerprint density at radius 3 is 2.69 bits per heavy atom. The van der Waals surface area contributed by atoms with E-state index in [1.807, 2.05) is 0 Å². The second-order valence-corrected chi connectivity index (χ2v) is 3.56. The van der Waals surface area contributed by atoms with Crippen molar-refractivity contribution < 1.29 is 9.53 Å². The molecule has 1 aliphatic rings. The van der Waals surface area contributed by atoms with Crippen LogP contribution in [0.25, 0.3) is 0 Å². The van der Waals surface area contributed by atoms with Gasteiger partial charge in [0.25, 0.3) is 0 Å². The summed E-state index contributed by atoms with van der Waals surface area (Å²) in [5, 5.41) is 0. The average molecular weight is 180 g/mol. The number of carbonyl (C=O) groups is 1. The maximum Gasteiger partial charge on any atom is 0.201 e. The number of hydrogen-bond donors (Lipinski definition) is 0. The Kier molecular flexibility index (Phi) is 3.29. The second kappa shape index (κ2) is 4.26. The first-order chi connectivity index (χ1) is 6.15.